The summed E-state index contributed by atoms with van der Waals surface area (Å²) in [4.78, 5) is 3.78. The van der Waals surface area contributed by atoms with Gasteiger partial charge in [-0.2, -0.15) is 13.2 Å². The van der Waals surface area contributed by atoms with Gasteiger partial charge in [0.1, 0.15) is 5.82 Å². The second kappa shape index (κ2) is 5.48. The lowest BCUT2D eigenvalue weighted by molar-refractivity contribution is -0.135. The van der Waals surface area contributed by atoms with E-state index in [9.17, 15) is 21.6 Å². The number of imidazole rings is 1. The number of aryl methyl sites for hydroxylation is 2. The third-order valence-corrected chi connectivity index (χ3v) is 3.43. The normalized spacial score (nSPS) is 12.9. The van der Waals surface area contributed by atoms with Gasteiger partial charge < -0.3 is 4.57 Å². The van der Waals surface area contributed by atoms with Crippen LogP contribution < -0.4 is 0 Å². The van der Waals surface area contributed by atoms with E-state index in [1.807, 2.05) is 0 Å². The second-order valence-corrected chi connectivity index (χ2v) is 6.21. The lowest BCUT2D eigenvalue weighted by atomic mass is 10.3. The first kappa shape index (κ1) is 15.3. The Kier molecular flexibility index (Phi) is 4.66. The molecule has 0 aromatic carbocycles. The van der Waals surface area contributed by atoms with E-state index in [4.69, 9.17) is 10.7 Å². The van der Waals surface area contributed by atoms with E-state index < -0.39 is 21.6 Å². The van der Waals surface area contributed by atoms with E-state index in [1.54, 1.807) is 6.92 Å². The van der Waals surface area contributed by atoms with Gasteiger partial charge in [-0.05, 0) is 6.42 Å². The van der Waals surface area contributed by atoms with Crippen LogP contribution in [0.4, 0.5) is 13.2 Å². The van der Waals surface area contributed by atoms with Crippen LogP contribution in [0.3, 0.4) is 0 Å². The Morgan fingerprint density at radius 2 is 2.06 bits per heavy atom. The van der Waals surface area contributed by atoms with Crippen molar-refractivity contribution in [3.8, 4) is 0 Å². The van der Waals surface area contributed by atoms with Gasteiger partial charge >= 0.3 is 6.18 Å². The van der Waals surface area contributed by atoms with Crippen LogP contribution in [-0.2, 0) is 22.0 Å². The predicted octanol–water partition coefficient (Wildman–Crippen LogP) is 2.72. The smallest absolute Gasteiger partial charge is 0.333 e. The van der Waals surface area contributed by atoms with E-state index in [-0.39, 0.29) is 18.0 Å². The summed E-state index contributed by atoms with van der Waals surface area (Å²) >= 11 is 0. The zero-order chi connectivity index (χ0) is 14.0. The predicted molar refractivity (Wildman–Crippen MR) is 59.9 cm³/mol. The third kappa shape index (κ3) is 4.49. The highest BCUT2D eigenvalue weighted by atomic mass is 35.7. The molecule has 0 amide bonds. The molecule has 0 saturated carbocycles. The number of aromatic nitrogens is 2. The van der Waals surface area contributed by atoms with Gasteiger partial charge in [0, 0.05) is 36.3 Å². The van der Waals surface area contributed by atoms with Crippen LogP contribution in [-0.4, -0.2) is 24.1 Å². The van der Waals surface area contributed by atoms with Crippen LogP contribution in [0.5, 0.6) is 0 Å². The monoisotopic (exact) mass is 304 g/mol. The minimum absolute atomic E-state index is 0.0576. The van der Waals surface area contributed by atoms with Crippen LogP contribution in [0.1, 0.15) is 25.6 Å². The van der Waals surface area contributed by atoms with Crippen molar-refractivity contribution in [3.05, 3.63) is 12.0 Å². The minimum Gasteiger partial charge on any atom is -0.333 e. The zero-order valence-electron chi connectivity index (χ0n) is 9.54. The van der Waals surface area contributed by atoms with Gasteiger partial charge in [0.2, 0.25) is 0 Å². The first-order valence-corrected chi connectivity index (χ1v) is 7.52. The Morgan fingerprint density at radius 1 is 1.44 bits per heavy atom. The molecular weight excluding hydrogens is 293 g/mol. The van der Waals surface area contributed by atoms with Gasteiger partial charge in [-0.3, -0.25) is 0 Å². The molecule has 18 heavy (non-hydrogen) atoms. The topological polar surface area (TPSA) is 52.0 Å². The molecule has 0 spiro atoms. The molecule has 0 N–H and O–H groups in total. The Bertz CT molecular complexity index is 510. The van der Waals surface area contributed by atoms with E-state index >= 15 is 0 Å². The number of nitrogens with zero attached hydrogens (tertiary/aromatic N) is 2. The molecule has 0 aliphatic carbocycles. The zero-order valence-corrected chi connectivity index (χ0v) is 11.1. The summed E-state index contributed by atoms with van der Waals surface area (Å²) in [5.41, 5.74) is 0. The summed E-state index contributed by atoms with van der Waals surface area (Å²) in [5.74, 6) is 0.399. The fourth-order valence-corrected chi connectivity index (χ4v) is 2.16. The van der Waals surface area contributed by atoms with Gasteiger partial charge in [0.25, 0.3) is 9.05 Å². The van der Waals surface area contributed by atoms with Crippen molar-refractivity contribution in [2.45, 2.75) is 43.9 Å². The molecule has 0 saturated heterocycles. The first-order valence-electron chi connectivity index (χ1n) is 5.21. The summed E-state index contributed by atoms with van der Waals surface area (Å²) in [7, 11) is 1.17. The van der Waals surface area contributed by atoms with Gasteiger partial charge in [0.15, 0.2) is 5.03 Å². The molecule has 4 nitrogen and oxygen atoms in total. The van der Waals surface area contributed by atoms with Gasteiger partial charge in [-0.25, -0.2) is 13.4 Å². The van der Waals surface area contributed by atoms with Crippen LogP contribution in [0, 0.1) is 0 Å². The van der Waals surface area contributed by atoms with E-state index in [2.05, 4.69) is 4.98 Å². The van der Waals surface area contributed by atoms with Crippen molar-refractivity contribution in [3.63, 3.8) is 0 Å². The molecular formula is C9H12ClF3N2O2S. The largest absolute Gasteiger partial charge is 0.389 e. The summed E-state index contributed by atoms with van der Waals surface area (Å²) in [6.45, 7) is 1.79. The molecule has 0 bridgehead atoms. The molecule has 0 unspecified atom stereocenters. The number of rotatable bonds is 5. The van der Waals surface area contributed by atoms with Crippen molar-refractivity contribution in [2.24, 2.45) is 0 Å². The van der Waals surface area contributed by atoms with Crippen molar-refractivity contribution >= 4 is 19.7 Å². The van der Waals surface area contributed by atoms with Crippen LogP contribution in [0.2, 0.25) is 0 Å². The van der Waals surface area contributed by atoms with Crippen molar-refractivity contribution < 1.29 is 21.6 Å². The fourth-order valence-electron chi connectivity index (χ4n) is 1.47. The highest BCUT2D eigenvalue weighted by molar-refractivity contribution is 8.13. The number of hydrogen-bond acceptors (Lipinski definition) is 3. The Morgan fingerprint density at radius 3 is 2.50 bits per heavy atom. The van der Waals surface area contributed by atoms with Gasteiger partial charge in [-0.15, -0.1) is 0 Å². The van der Waals surface area contributed by atoms with Crippen LogP contribution in [0.25, 0.3) is 0 Å². The molecule has 1 rings (SSSR count). The van der Waals surface area contributed by atoms with Crippen LogP contribution in [0.15, 0.2) is 11.2 Å². The lowest BCUT2D eigenvalue weighted by Crippen LogP contribution is -2.10. The summed E-state index contributed by atoms with van der Waals surface area (Å²) in [6, 6.07) is 0. The summed E-state index contributed by atoms with van der Waals surface area (Å²) in [6.07, 6.45) is -3.68. The van der Waals surface area contributed by atoms with E-state index in [0.29, 0.717) is 12.2 Å². The lowest BCUT2D eigenvalue weighted by Gasteiger charge is -2.08. The molecule has 9 heteroatoms. The van der Waals surface area contributed by atoms with Gasteiger partial charge in [-0.1, -0.05) is 6.92 Å². The third-order valence-electron chi connectivity index (χ3n) is 2.26. The fraction of sp³-hybridized carbons (Fsp3) is 0.667. The van der Waals surface area contributed by atoms with E-state index in [1.165, 1.54) is 4.57 Å². The quantitative estimate of drug-likeness (QED) is 0.786. The Balaban J connectivity index is 2.80. The average Bonchev–Trinajstić information content (AvgIpc) is 2.58. The standard InChI is InChI=1S/C9H12ClF3N2O2S/c1-2-7-14-8(18(10,16)17)6-15(7)5-3-4-9(11,12)13/h6H,2-5H2,1H3. The molecule has 0 atom stereocenters. The van der Waals surface area contributed by atoms with Crippen LogP contribution >= 0.6 is 10.7 Å². The maximum absolute atomic E-state index is 12.0. The number of hydrogen-bond donors (Lipinski definition) is 0. The SMILES string of the molecule is CCc1nc(S(=O)(=O)Cl)cn1CCCC(F)(F)F. The Hall–Kier alpha value is -0.760. The molecule has 1 aromatic heterocycles. The first-order chi connectivity index (χ1) is 8.13. The number of halogens is 4. The molecule has 0 radical (unpaired) electrons. The van der Waals surface area contributed by atoms with Crippen molar-refractivity contribution in [1.29, 1.82) is 0 Å². The maximum atomic E-state index is 12.0. The van der Waals surface area contributed by atoms with Gasteiger partial charge in [0.05, 0.1) is 0 Å². The number of alkyl halides is 3. The summed E-state index contributed by atoms with van der Waals surface area (Å²) in [5, 5.41) is -0.326. The highest BCUT2D eigenvalue weighted by Gasteiger charge is 2.26. The summed E-state index contributed by atoms with van der Waals surface area (Å²) < 4.78 is 59.5. The van der Waals surface area contributed by atoms with E-state index in [0.717, 1.165) is 6.20 Å². The highest BCUT2D eigenvalue weighted by Crippen LogP contribution is 2.22. The maximum Gasteiger partial charge on any atom is 0.389 e. The average molecular weight is 305 g/mol. The molecule has 0 aliphatic rings. The second-order valence-electron chi connectivity index (χ2n) is 3.70. The molecule has 0 aliphatic heterocycles. The van der Waals surface area contributed by atoms with Crippen molar-refractivity contribution in [2.75, 3.05) is 0 Å². The molecule has 1 heterocycles. The minimum atomic E-state index is -4.21. The van der Waals surface area contributed by atoms with Crippen molar-refractivity contribution in [1.82, 2.24) is 9.55 Å². The molecule has 104 valence electrons. The molecule has 1 aromatic rings. The Labute approximate surface area is 107 Å². The molecule has 0 fully saturated rings.